The van der Waals surface area contributed by atoms with Gasteiger partial charge in [-0.05, 0) is 12.8 Å². The second-order valence-electron chi connectivity index (χ2n) is 2.59. The zero-order valence-electron chi connectivity index (χ0n) is 5.99. The average molecular weight is 163 g/mol. The summed E-state index contributed by atoms with van der Waals surface area (Å²) in [5.41, 5.74) is 0. The van der Waals surface area contributed by atoms with Crippen molar-refractivity contribution in [3.8, 4) is 0 Å². The molecular formula is C6H10FNO3. The van der Waals surface area contributed by atoms with Crippen LogP contribution >= 0.6 is 0 Å². The highest BCUT2D eigenvalue weighted by atomic mass is 19.3. The minimum absolute atomic E-state index is 0.169. The van der Waals surface area contributed by atoms with E-state index in [1.807, 2.05) is 0 Å². The molecule has 1 aliphatic rings. The first-order valence-corrected chi connectivity index (χ1v) is 3.49. The fourth-order valence-corrected chi connectivity index (χ4v) is 1.17. The summed E-state index contributed by atoms with van der Waals surface area (Å²) in [5.74, 6) is 0. The molecule has 0 aromatic carbocycles. The van der Waals surface area contributed by atoms with E-state index in [-0.39, 0.29) is 6.54 Å². The lowest BCUT2D eigenvalue weighted by atomic mass is 10.1. The molecule has 1 aliphatic heterocycles. The largest absolute Gasteiger partial charge is 0.447 e. The lowest BCUT2D eigenvalue weighted by Gasteiger charge is -2.27. The Morgan fingerprint density at radius 3 is 3.00 bits per heavy atom. The van der Waals surface area contributed by atoms with Gasteiger partial charge in [-0.15, -0.1) is 0 Å². The molecule has 5 heteroatoms. The van der Waals surface area contributed by atoms with Crippen molar-refractivity contribution in [2.24, 2.45) is 0 Å². The zero-order chi connectivity index (χ0) is 8.27. The summed E-state index contributed by atoms with van der Waals surface area (Å²) in [6, 6.07) is 0. The van der Waals surface area contributed by atoms with E-state index in [2.05, 4.69) is 4.94 Å². The maximum absolute atomic E-state index is 11.3. The van der Waals surface area contributed by atoms with Gasteiger partial charge in [-0.1, -0.05) is 0 Å². The molecule has 11 heavy (non-hydrogen) atoms. The molecule has 1 unspecified atom stereocenters. The molecule has 0 bridgehead atoms. The molecule has 0 aromatic heterocycles. The molecule has 1 atom stereocenters. The molecule has 0 aromatic rings. The predicted molar refractivity (Wildman–Crippen MR) is 34.4 cm³/mol. The number of aliphatic hydroxyl groups excluding tert-OH is 1. The van der Waals surface area contributed by atoms with Crippen LogP contribution in [0.5, 0.6) is 0 Å². The highest BCUT2D eigenvalue weighted by Crippen LogP contribution is 2.10. The van der Waals surface area contributed by atoms with E-state index in [4.69, 9.17) is 5.11 Å². The third-order valence-electron chi connectivity index (χ3n) is 1.72. The van der Waals surface area contributed by atoms with Crippen LogP contribution in [-0.4, -0.2) is 35.3 Å². The molecule has 0 saturated carbocycles. The fraction of sp³-hybridized carbons (Fsp3) is 0.833. The lowest BCUT2D eigenvalue weighted by Crippen LogP contribution is -2.41. The van der Waals surface area contributed by atoms with E-state index in [1.54, 1.807) is 0 Å². The highest BCUT2D eigenvalue weighted by Gasteiger charge is 2.23. The van der Waals surface area contributed by atoms with Gasteiger partial charge in [-0.3, -0.25) is 0 Å². The quantitative estimate of drug-likeness (QED) is 0.564. The van der Waals surface area contributed by atoms with Crippen molar-refractivity contribution in [1.29, 1.82) is 0 Å². The number of carbonyl (C=O) groups is 1. The number of rotatable bonds is 0. The summed E-state index contributed by atoms with van der Waals surface area (Å²) in [6.07, 6.45) is -0.196. The van der Waals surface area contributed by atoms with E-state index in [9.17, 15) is 9.32 Å². The van der Waals surface area contributed by atoms with Gasteiger partial charge in [0.15, 0.2) is 0 Å². The molecule has 1 N–H and O–H groups in total. The molecule has 0 spiro atoms. The van der Waals surface area contributed by atoms with E-state index >= 15 is 0 Å². The van der Waals surface area contributed by atoms with Crippen molar-refractivity contribution < 1.29 is 19.4 Å². The smallest absolute Gasteiger partial charge is 0.391 e. The molecule has 1 rings (SSSR count). The van der Waals surface area contributed by atoms with Gasteiger partial charge in [0.1, 0.15) is 0 Å². The van der Waals surface area contributed by atoms with E-state index in [1.165, 1.54) is 0 Å². The van der Waals surface area contributed by atoms with E-state index < -0.39 is 12.2 Å². The Morgan fingerprint density at radius 2 is 2.45 bits per heavy atom. The molecular weight excluding hydrogens is 153 g/mol. The number of piperidine rings is 1. The van der Waals surface area contributed by atoms with Crippen LogP contribution < -0.4 is 0 Å². The van der Waals surface area contributed by atoms with Gasteiger partial charge in [0.25, 0.3) is 0 Å². The molecule has 0 aliphatic carbocycles. The van der Waals surface area contributed by atoms with Crippen LogP contribution in [0.4, 0.5) is 9.32 Å². The first-order chi connectivity index (χ1) is 5.24. The summed E-state index contributed by atoms with van der Waals surface area (Å²) >= 11 is 0. The number of likely N-dealkylation sites (tertiary alicyclic amines) is 1. The van der Waals surface area contributed by atoms with Crippen LogP contribution in [-0.2, 0) is 4.94 Å². The molecule has 1 saturated heterocycles. The van der Waals surface area contributed by atoms with E-state index in [0.717, 1.165) is 4.90 Å². The summed E-state index contributed by atoms with van der Waals surface area (Å²) in [7, 11) is 0. The Hall–Kier alpha value is -0.840. The lowest BCUT2D eigenvalue weighted by molar-refractivity contribution is -0.0859. The summed E-state index contributed by atoms with van der Waals surface area (Å²) in [4.78, 5) is 14.7. The Balaban J connectivity index is 2.39. The maximum Gasteiger partial charge on any atom is 0.447 e. The third kappa shape index (κ3) is 2.04. The van der Waals surface area contributed by atoms with Gasteiger partial charge in [-0.25, -0.2) is 9.74 Å². The maximum atomic E-state index is 11.3. The minimum Gasteiger partial charge on any atom is -0.391 e. The van der Waals surface area contributed by atoms with Gasteiger partial charge >= 0.3 is 6.09 Å². The summed E-state index contributed by atoms with van der Waals surface area (Å²) < 4.78 is 11.3. The first kappa shape index (κ1) is 8.26. The number of aliphatic hydroxyl groups is 1. The Bertz CT molecular complexity index is 153. The number of β-amino-alcohol motifs (C(OH)–C–C–N with tert-alkyl or cyclic N) is 1. The van der Waals surface area contributed by atoms with Crippen molar-refractivity contribution in [2.75, 3.05) is 13.1 Å². The van der Waals surface area contributed by atoms with Gasteiger partial charge in [-0.2, -0.15) is 0 Å². The van der Waals surface area contributed by atoms with Crippen molar-refractivity contribution >= 4 is 6.09 Å². The van der Waals surface area contributed by atoms with Gasteiger partial charge < -0.3 is 10.0 Å². The number of carbonyl (C=O) groups excluding carboxylic acids is 1. The number of halogens is 1. The molecule has 0 radical (unpaired) electrons. The molecule has 1 amide bonds. The van der Waals surface area contributed by atoms with Crippen molar-refractivity contribution in [2.45, 2.75) is 18.9 Å². The van der Waals surface area contributed by atoms with Gasteiger partial charge in [0, 0.05) is 11.1 Å². The normalized spacial score (nSPS) is 24.9. The van der Waals surface area contributed by atoms with Crippen LogP contribution in [0.2, 0.25) is 0 Å². The second-order valence-corrected chi connectivity index (χ2v) is 2.59. The minimum atomic E-state index is -1.01. The number of hydrogen-bond donors (Lipinski definition) is 1. The zero-order valence-corrected chi connectivity index (χ0v) is 5.99. The van der Waals surface area contributed by atoms with Crippen LogP contribution in [0, 0.1) is 0 Å². The first-order valence-electron chi connectivity index (χ1n) is 3.49. The number of amides is 1. The van der Waals surface area contributed by atoms with Crippen LogP contribution in [0.3, 0.4) is 0 Å². The molecule has 4 nitrogen and oxygen atoms in total. The fourth-order valence-electron chi connectivity index (χ4n) is 1.17. The highest BCUT2D eigenvalue weighted by molar-refractivity contribution is 5.66. The standard InChI is InChI=1S/C6H10FNO3/c7-11-6(10)8-3-1-2-5(9)4-8/h5,9H,1-4H2. The molecule has 64 valence electrons. The number of nitrogens with zero attached hydrogens (tertiary/aromatic N) is 1. The Morgan fingerprint density at radius 1 is 1.73 bits per heavy atom. The topological polar surface area (TPSA) is 49.8 Å². The van der Waals surface area contributed by atoms with E-state index in [0.29, 0.717) is 19.4 Å². The van der Waals surface area contributed by atoms with Gasteiger partial charge in [0.2, 0.25) is 0 Å². The van der Waals surface area contributed by atoms with Gasteiger partial charge in [0.05, 0.1) is 12.6 Å². The van der Waals surface area contributed by atoms with Crippen molar-refractivity contribution in [3.63, 3.8) is 0 Å². The molecule has 1 heterocycles. The number of hydrogen-bond acceptors (Lipinski definition) is 3. The second kappa shape index (κ2) is 3.52. The average Bonchev–Trinajstić information content (AvgIpc) is 2.03. The Labute approximate surface area is 63.5 Å². The van der Waals surface area contributed by atoms with Crippen LogP contribution in [0.15, 0.2) is 0 Å². The monoisotopic (exact) mass is 163 g/mol. The third-order valence-corrected chi connectivity index (χ3v) is 1.72. The Kier molecular flexibility index (Phi) is 2.64. The summed E-state index contributed by atoms with van der Waals surface area (Å²) in [5, 5.41) is 9.05. The van der Waals surface area contributed by atoms with Crippen LogP contribution in [0.25, 0.3) is 0 Å². The predicted octanol–water partition coefficient (Wildman–Crippen LogP) is 0.464. The molecule has 1 fully saturated rings. The van der Waals surface area contributed by atoms with Crippen molar-refractivity contribution in [3.05, 3.63) is 0 Å². The van der Waals surface area contributed by atoms with Crippen molar-refractivity contribution in [1.82, 2.24) is 4.90 Å². The SMILES string of the molecule is O=C(OF)N1CCCC(O)C1. The van der Waals surface area contributed by atoms with Crippen LogP contribution in [0.1, 0.15) is 12.8 Å². The summed E-state index contributed by atoms with van der Waals surface area (Å²) in [6.45, 7) is 0.628.